The molecule has 5 rings (SSSR count). The lowest BCUT2D eigenvalue weighted by Crippen LogP contribution is -2.63. The van der Waals surface area contributed by atoms with E-state index in [0.717, 1.165) is 37.1 Å². The van der Waals surface area contributed by atoms with Crippen LogP contribution < -0.4 is 20.3 Å². The minimum Gasteiger partial charge on any atom is -0.495 e. The number of carbonyl (C=O) groups excluding carboxylic acids is 6. The summed E-state index contributed by atoms with van der Waals surface area (Å²) in [6.45, 7) is 15.0. The third-order valence-corrected chi connectivity index (χ3v) is 14.2. The summed E-state index contributed by atoms with van der Waals surface area (Å²) in [6, 6.07) is 2.35. The van der Waals surface area contributed by atoms with Gasteiger partial charge in [-0.3, -0.25) is 24.5 Å². The highest BCUT2D eigenvalue weighted by Crippen LogP contribution is 2.49. The Labute approximate surface area is 434 Å². The molecule has 8 atom stereocenters. The van der Waals surface area contributed by atoms with Crippen molar-refractivity contribution in [3.05, 3.63) is 46.5 Å². The lowest BCUT2D eigenvalue weighted by Gasteiger charge is -2.42. The number of ether oxygens (including phenoxy) is 8. The summed E-state index contributed by atoms with van der Waals surface area (Å²) < 4.78 is 46.1. The predicted molar refractivity (Wildman–Crippen MR) is 270 cm³/mol. The summed E-state index contributed by atoms with van der Waals surface area (Å²) in [5, 5.41) is 17.9. The number of halogens is 1. The van der Waals surface area contributed by atoms with Crippen LogP contribution in [0.15, 0.2) is 35.9 Å². The van der Waals surface area contributed by atoms with Crippen LogP contribution >= 0.6 is 11.6 Å². The van der Waals surface area contributed by atoms with E-state index in [1.54, 1.807) is 70.9 Å². The fraction of sp³-hybridized carbons (Fsp3) is 0.692. The van der Waals surface area contributed by atoms with E-state index >= 15 is 0 Å². The number of likely N-dealkylation sites (N-methyl/N-ethyl adjacent to an activating group) is 1. The van der Waals surface area contributed by atoms with Crippen molar-refractivity contribution in [1.82, 2.24) is 20.4 Å². The normalized spacial score (nSPS) is 27.5. The maximum atomic E-state index is 14.4. The lowest BCUT2D eigenvalue weighted by molar-refractivity contribution is -0.162. The number of piperidine rings is 1. The highest BCUT2D eigenvalue weighted by Gasteiger charge is 2.64. The number of epoxide rings is 1. The molecule has 4 amide bonds. The van der Waals surface area contributed by atoms with E-state index in [0.29, 0.717) is 24.4 Å². The summed E-state index contributed by atoms with van der Waals surface area (Å²) in [4.78, 5) is 85.5. The number of rotatable bonds is 18. The molecule has 4 aliphatic heterocycles. The quantitative estimate of drug-likeness (QED) is 0.0787. The van der Waals surface area contributed by atoms with E-state index in [2.05, 4.69) is 10.6 Å². The predicted octanol–water partition coefficient (Wildman–Crippen LogP) is 4.64. The number of nitrogens with zero attached hydrogens (tertiary/aromatic N) is 3. The standard InChI is InChI=1S/C52H78ClN5O15/c1-32-13-12-14-40(67-11)52(65)31-39(70-49(64)55-52)33(2)47-51(7,73-47)41(30-44(61)57(9)37-28-35(27-32)29-38(66-10)46(37)53)71-48(63)34(3)56(8)42(59)15-16-43(60)58(36-17-20-54-21-18-36)22-24-69-26-25-68-23-19-45(62)72-50(4,5)6/h12-14,28-29,33-34,36,39-41,47,54,65H,15-27,30-31H2,1-11H3,(H,55,64)/b14-12+,32-13+/t33-,34+,39+,40-,41+,47?,51?,52+/m1/s1. The Morgan fingerprint density at radius 3 is 2.34 bits per heavy atom. The zero-order valence-corrected chi connectivity index (χ0v) is 45.2. The van der Waals surface area contributed by atoms with Gasteiger partial charge in [0.05, 0.1) is 58.2 Å². The molecule has 1 aromatic rings. The fourth-order valence-corrected chi connectivity index (χ4v) is 9.73. The Hall–Kier alpha value is -4.83. The molecule has 3 saturated heterocycles. The highest BCUT2D eigenvalue weighted by molar-refractivity contribution is 6.35. The Balaban J connectivity index is 1.28. The van der Waals surface area contributed by atoms with Crippen molar-refractivity contribution in [2.75, 3.05) is 79.3 Å². The minimum absolute atomic E-state index is 0.0495. The minimum atomic E-state index is -1.88. The summed E-state index contributed by atoms with van der Waals surface area (Å²) in [5.41, 5.74) is -1.72. The number of aliphatic hydroxyl groups is 1. The molecule has 4 aliphatic rings. The van der Waals surface area contributed by atoms with Crippen molar-refractivity contribution >= 4 is 53.0 Å². The zero-order valence-electron chi connectivity index (χ0n) is 44.4. The second-order valence-electron chi connectivity index (χ2n) is 20.5. The van der Waals surface area contributed by atoms with Gasteiger partial charge in [-0.15, -0.1) is 0 Å². The van der Waals surface area contributed by atoms with Crippen molar-refractivity contribution < 1.29 is 71.8 Å². The average Bonchev–Trinajstić information content (AvgIpc) is 4.04. The molecule has 3 fully saturated rings. The largest absolute Gasteiger partial charge is 0.495 e. The van der Waals surface area contributed by atoms with Gasteiger partial charge in [-0.05, 0) is 91.6 Å². The molecule has 21 heteroatoms. The first-order chi connectivity index (χ1) is 34.4. The van der Waals surface area contributed by atoms with Crippen LogP contribution in [-0.4, -0.2) is 178 Å². The summed E-state index contributed by atoms with van der Waals surface area (Å²) >= 11 is 6.83. The molecule has 4 bridgehead atoms. The second kappa shape index (κ2) is 26.1. The monoisotopic (exact) mass is 1050 g/mol. The van der Waals surface area contributed by atoms with Crippen LogP contribution in [0.3, 0.4) is 0 Å². The van der Waals surface area contributed by atoms with Gasteiger partial charge in [0.2, 0.25) is 17.7 Å². The van der Waals surface area contributed by atoms with E-state index in [9.17, 15) is 33.9 Å². The van der Waals surface area contributed by atoms with Gasteiger partial charge in [0.25, 0.3) is 0 Å². The zero-order chi connectivity index (χ0) is 53.8. The number of esters is 2. The van der Waals surface area contributed by atoms with Gasteiger partial charge in [-0.2, -0.15) is 0 Å². The lowest BCUT2D eigenvalue weighted by atomic mass is 9.83. The van der Waals surface area contributed by atoms with Gasteiger partial charge in [0.15, 0.2) is 5.72 Å². The number of fused-ring (bicyclic) bond motifs is 5. The van der Waals surface area contributed by atoms with Gasteiger partial charge in [-0.25, -0.2) is 9.59 Å². The van der Waals surface area contributed by atoms with E-state index in [1.807, 2.05) is 13.0 Å². The number of benzene rings is 1. The van der Waals surface area contributed by atoms with Crippen LogP contribution in [-0.2, 0) is 63.6 Å². The summed E-state index contributed by atoms with van der Waals surface area (Å²) in [7, 11) is 5.90. The van der Waals surface area contributed by atoms with Gasteiger partial charge in [0.1, 0.15) is 46.3 Å². The molecule has 0 radical (unpaired) electrons. The molecule has 0 spiro atoms. The number of methoxy groups -OCH3 is 2. The smallest absolute Gasteiger partial charge is 0.409 e. The van der Waals surface area contributed by atoms with Crippen molar-refractivity contribution in [3.8, 4) is 5.75 Å². The van der Waals surface area contributed by atoms with Crippen molar-refractivity contribution in [1.29, 1.82) is 0 Å². The van der Waals surface area contributed by atoms with Crippen LogP contribution in [0.1, 0.15) is 99.0 Å². The van der Waals surface area contributed by atoms with Crippen molar-refractivity contribution in [3.63, 3.8) is 0 Å². The first-order valence-corrected chi connectivity index (χ1v) is 25.5. The maximum Gasteiger partial charge on any atom is 0.409 e. The molecule has 0 saturated carbocycles. The molecule has 4 heterocycles. The molecular formula is C52H78ClN5O15. The topological polar surface area (TPSA) is 234 Å². The molecule has 0 aromatic heterocycles. The first-order valence-electron chi connectivity index (χ1n) is 25.1. The van der Waals surface area contributed by atoms with Crippen LogP contribution in [0.4, 0.5) is 10.5 Å². The molecule has 0 aliphatic carbocycles. The first kappa shape index (κ1) is 59.1. The van der Waals surface area contributed by atoms with Crippen LogP contribution in [0.5, 0.6) is 5.75 Å². The van der Waals surface area contributed by atoms with Crippen LogP contribution in [0.25, 0.3) is 0 Å². The molecule has 2 unspecified atom stereocenters. The number of nitrogens with one attached hydrogen (secondary N) is 2. The average molecular weight is 1050 g/mol. The number of alkyl carbamates (subject to hydrolysis) is 1. The van der Waals surface area contributed by atoms with E-state index in [-0.39, 0.29) is 81.5 Å². The SMILES string of the molecule is COc1cc2cc(c1Cl)N(C)C(=O)C[C@H](OC(=O)[C@H](C)N(C)C(=O)CCC(=O)N(CCOCCOCCC(=O)OC(C)(C)C)C1CCNCC1)C1(C)OC1[C@H](C)[C@@H]1C[C@@](O)(NC(=O)O1)[C@H](OC)/C=C/C=C(\C)C2. The van der Waals surface area contributed by atoms with Gasteiger partial charge in [-0.1, -0.05) is 42.3 Å². The molecule has 20 nitrogen and oxygen atoms in total. The maximum absolute atomic E-state index is 14.4. The highest BCUT2D eigenvalue weighted by atomic mass is 35.5. The van der Waals surface area contributed by atoms with Crippen molar-refractivity contribution in [2.45, 2.75) is 153 Å². The van der Waals surface area contributed by atoms with Gasteiger partial charge >= 0.3 is 18.0 Å². The Morgan fingerprint density at radius 1 is 1.01 bits per heavy atom. The third-order valence-electron chi connectivity index (χ3n) is 13.9. The molecule has 408 valence electrons. The van der Waals surface area contributed by atoms with E-state index in [4.69, 9.17) is 49.5 Å². The van der Waals surface area contributed by atoms with Gasteiger partial charge in [0, 0.05) is 59.0 Å². The number of hydrogen-bond acceptors (Lipinski definition) is 16. The van der Waals surface area contributed by atoms with Crippen LogP contribution in [0, 0.1) is 5.92 Å². The van der Waals surface area contributed by atoms with Gasteiger partial charge < -0.3 is 63.0 Å². The number of carbonyl (C=O) groups is 6. The molecule has 73 heavy (non-hydrogen) atoms. The van der Waals surface area contributed by atoms with E-state index < -0.39 is 77.2 Å². The van der Waals surface area contributed by atoms with Crippen molar-refractivity contribution in [2.24, 2.45) is 5.92 Å². The Bertz CT molecular complexity index is 2180. The second-order valence-corrected chi connectivity index (χ2v) is 20.9. The van der Waals surface area contributed by atoms with E-state index in [1.165, 1.54) is 38.0 Å². The van der Waals surface area contributed by atoms with Crippen LogP contribution in [0.2, 0.25) is 5.02 Å². The number of hydrogen-bond donors (Lipinski definition) is 3. The molecular weight excluding hydrogens is 970 g/mol. The Morgan fingerprint density at radius 2 is 1.68 bits per heavy atom. The third kappa shape index (κ3) is 16.1. The molecule has 3 N–H and O–H groups in total. The molecule has 1 aromatic carbocycles. The number of allylic oxidation sites excluding steroid dienone is 3. The summed E-state index contributed by atoms with van der Waals surface area (Å²) in [5.74, 6) is -2.61. The Kier molecular flexibility index (Phi) is 21.1. The number of anilines is 1. The summed E-state index contributed by atoms with van der Waals surface area (Å²) in [6.07, 6.45) is 1.74. The fourth-order valence-electron chi connectivity index (χ4n) is 9.41. The number of amides is 4.